The largest absolute Gasteiger partial charge is 0.421 e. The average Bonchev–Trinajstić information content (AvgIpc) is 3.13. The number of hydrogen-bond donors (Lipinski definition) is 0. The van der Waals surface area contributed by atoms with Crippen LogP contribution in [0.2, 0.25) is 10.0 Å². The maximum absolute atomic E-state index is 12.4. The molecule has 0 saturated heterocycles. The van der Waals surface area contributed by atoms with E-state index in [0.29, 0.717) is 39.6 Å². The summed E-state index contributed by atoms with van der Waals surface area (Å²) in [7, 11) is 0. The van der Waals surface area contributed by atoms with Crippen LogP contribution >= 0.6 is 68.4 Å². The Hall–Kier alpha value is -1.95. The lowest BCUT2D eigenvalue weighted by Crippen LogP contribution is -2.10. The van der Waals surface area contributed by atoms with Crippen LogP contribution in [0.3, 0.4) is 0 Å². The molecule has 0 aromatic heterocycles. The van der Waals surface area contributed by atoms with Crippen molar-refractivity contribution in [3.63, 3.8) is 0 Å². The van der Waals surface area contributed by atoms with Gasteiger partial charge in [-0.2, -0.15) is 0 Å². The summed E-state index contributed by atoms with van der Waals surface area (Å²) < 4.78 is 12.3. The molecule has 1 aliphatic heterocycles. The normalized spacial score (nSPS) is 14.3. The number of rotatable bonds is 4. The van der Waals surface area contributed by atoms with Gasteiger partial charge in [0, 0.05) is 5.56 Å². The van der Waals surface area contributed by atoms with E-state index in [1.807, 2.05) is 6.07 Å². The summed E-state index contributed by atoms with van der Waals surface area (Å²) in [4.78, 5) is 29.0. The van der Waals surface area contributed by atoms with Gasteiger partial charge < -0.3 is 9.47 Å². The number of ether oxygens (including phenoxy) is 2. The van der Waals surface area contributed by atoms with Gasteiger partial charge >= 0.3 is 11.9 Å². The minimum absolute atomic E-state index is 0.145. The Morgan fingerprint density at radius 1 is 0.969 bits per heavy atom. The number of carbonyl (C=O) groups excluding carboxylic acids is 2. The van der Waals surface area contributed by atoms with E-state index in [4.69, 9.17) is 32.7 Å². The van der Waals surface area contributed by atoms with Crippen LogP contribution in [0.15, 0.2) is 71.4 Å². The lowest BCUT2D eigenvalue weighted by atomic mass is 10.2. The molecule has 3 aromatic carbocycles. The van der Waals surface area contributed by atoms with E-state index in [0.717, 1.165) is 0 Å². The first-order chi connectivity index (χ1) is 15.3. The number of nitrogens with zero attached hydrogens (tertiary/aromatic N) is 1. The molecule has 0 amide bonds. The Morgan fingerprint density at radius 2 is 1.66 bits per heavy atom. The molecule has 32 heavy (non-hydrogen) atoms. The van der Waals surface area contributed by atoms with E-state index in [9.17, 15) is 9.59 Å². The highest BCUT2D eigenvalue weighted by molar-refractivity contribution is 14.1. The zero-order valence-electron chi connectivity index (χ0n) is 15.9. The lowest BCUT2D eigenvalue weighted by Gasteiger charge is -2.10. The van der Waals surface area contributed by atoms with Crippen molar-refractivity contribution in [2.75, 3.05) is 0 Å². The van der Waals surface area contributed by atoms with Crippen LogP contribution in [0.25, 0.3) is 6.08 Å². The SMILES string of the molecule is O=C1OC(c2ccc(Cl)c(Cl)c2)=N/C1=C\c1cc(I)c(OC(=O)c2ccccc2)c(I)c1. The van der Waals surface area contributed by atoms with Crippen LogP contribution in [0.4, 0.5) is 0 Å². The predicted octanol–water partition coefficient (Wildman–Crippen LogP) is 6.77. The van der Waals surface area contributed by atoms with Gasteiger partial charge in [0.05, 0.1) is 22.7 Å². The highest BCUT2D eigenvalue weighted by atomic mass is 127. The average molecular weight is 690 g/mol. The smallest absolute Gasteiger partial charge is 0.363 e. The predicted molar refractivity (Wildman–Crippen MR) is 140 cm³/mol. The minimum atomic E-state index is -0.573. The molecular formula is C23H11Cl2I2NO4. The molecule has 0 N–H and O–H groups in total. The van der Waals surface area contributed by atoms with Crippen LogP contribution in [-0.2, 0) is 9.53 Å². The van der Waals surface area contributed by atoms with Crippen LogP contribution in [0, 0.1) is 7.14 Å². The van der Waals surface area contributed by atoms with Gasteiger partial charge in [-0.1, -0.05) is 41.4 Å². The quantitative estimate of drug-likeness (QED) is 0.131. The first-order valence-corrected chi connectivity index (χ1v) is 12.0. The standard InChI is InChI=1S/C23H11Cl2I2NO4/c24-15-7-6-14(11-16(15)25)21-28-19(23(30)32-21)10-12-8-17(26)20(18(27)9-12)31-22(29)13-4-2-1-3-5-13/h1-11H/b19-10-. The van der Waals surface area contributed by atoms with Crippen molar-refractivity contribution < 1.29 is 19.1 Å². The molecule has 1 heterocycles. The van der Waals surface area contributed by atoms with E-state index in [1.165, 1.54) is 0 Å². The summed E-state index contributed by atoms with van der Waals surface area (Å²) in [6.45, 7) is 0. The van der Waals surface area contributed by atoms with E-state index >= 15 is 0 Å². The van der Waals surface area contributed by atoms with Crippen molar-refractivity contribution in [1.82, 2.24) is 0 Å². The van der Waals surface area contributed by atoms with Gasteiger partial charge in [0.1, 0.15) is 0 Å². The second kappa shape index (κ2) is 9.90. The fourth-order valence-corrected chi connectivity index (χ4v) is 5.14. The van der Waals surface area contributed by atoms with Gasteiger partial charge in [0.15, 0.2) is 11.4 Å². The number of esters is 2. The summed E-state index contributed by atoms with van der Waals surface area (Å²) in [5.41, 5.74) is 1.86. The minimum Gasteiger partial charge on any atom is -0.421 e. The Morgan fingerprint density at radius 3 is 2.31 bits per heavy atom. The molecule has 160 valence electrons. The summed E-state index contributed by atoms with van der Waals surface area (Å²) in [6, 6.07) is 17.2. The fraction of sp³-hybridized carbons (Fsp3) is 0. The zero-order valence-corrected chi connectivity index (χ0v) is 21.8. The molecule has 0 bridgehead atoms. The number of carbonyl (C=O) groups is 2. The first kappa shape index (κ1) is 23.2. The summed E-state index contributed by atoms with van der Waals surface area (Å²) in [5, 5.41) is 0.735. The number of aliphatic imine (C=N–C) groups is 1. The Balaban J connectivity index is 1.60. The van der Waals surface area contributed by atoms with Crippen molar-refractivity contribution in [3.8, 4) is 5.75 Å². The third-order valence-electron chi connectivity index (χ3n) is 4.32. The van der Waals surface area contributed by atoms with Gasteiger partial charge in [-0.15, -0.1) is 0 Å². The number of benzene rings is 3. The molecule has 0 saturated carbocycles. The zero-order chi connectivity index (χ0) is 22.8. The molecule has 3 aromatic rings. The molecule has 9 heteroatoms. The van der Waals surface area contributed by atoms with E-state index in [2.05, 4.69) is 50.2 Å². The molecule has 0 unspecified atom stereocenters. The highest BCUT2D eigenvalue weighted by Crippen LogP contribution is 2.31. The highest BCUT2D eigenvalue weighted by Gasteiger charge is 2.25. The van der Waals surface area contributed by atoms with Gasteiger partial charge in [-0.3, -0.25) is 0 Å². The second-order valence-electron chi connectivity index (χ2n) is 6.53. The van der Waals surface area contributed by atoms with Gasteiger partial charge in [0.25, 0.3) is 0 Å². The number of cyclic esters (lactones) is 1. The molecule has 1 aliphatic rings. The maximum atomic E-state index is 12.4. The van der Waals surface area contributed by atoms with Crippen molar-refractivity contribution in [2.24, 2.45) is 4.99 Å². The molecule has 0 fully saturated rings. The second-order valence-corrected chi connectivity index (χ2v) is 9.67. The molecule has 0 radical (unpaired) electrons. The van der Waals surface area contributed by atoms with E-state index in [1.54, 1.807) is 60.7 Å². The monoisotopic (exact) mass is 689 g/mol. The third-order valence-corrected chi connectivity index (χ3v) is 6.66. The first-order valence-electron chi connectivity index (χ1n) is 9.06. The Bertz CT molecular complexity index is 1280. The summed E-state index contributed by atoms with van der Waals surface area (Å²) >= 11 is 16.1. The van der Waals surface area contributed by atoms with Gasteiger partial charge in [-0.05, 0) is 99.3 Å². The van der Waals surface area contributed by atoms with Crippen molar-refractivity contribution >= 4 is 92.3 Å². The molecule has 0 aliphatic carbocycles. The van der Waals surface area contributed by atoms with E-state index < -0.39 is 11.9 Å². The number of halogens is 4. The van der Waals surface area contributed by atoms with Gasteiger partial charge in [0.2, 0.25) is 5.90 Å². The fourth-order valence-electron chi connectivity index (χ4n) is 2.81. The van der Waals surface area contributed by atoms with Crippen LogP contribution < -0.4 is 4.74 Å². The van der Waals surface area contributed by atoms with Crippen LogP contribution in [-0.4, -0.2) is 17.8 Å². The number of hydrogen-bond acceptors (Lipinski definition) is 5. The molecule has 5 nitrogen and oxygen atoms in total. The van der Waals surface area contributed by atoms with Gasteiger partial charge in [-0.25, -0.2) is 14.6 Å². The van der Waals surface area contributed by atoms with Crippen molar-refractivity contribution in [2.45, 2.75) is 0 Å². The van der Waals surface area contributed by atoms with E-state index in [-0.39, 0.29) is 11.6 Å². The molecule has 4 rings (SSSR count). The van der Waals surface area contributed by atoms with Crippen LogP contribution in [0.5, 0.6) is 5.75 Å². The summed E-state index contributed by atoms with van der Waals surface area (Å²) in [6.07, 6.45) is 1.61. The topological polar surface area (TPSA) is 65.0 Å². The Kier molecular flexibility index (Phi) is 7.18. The molecule has 0 spiro atoms. The third kappa shape index (κ3) is 5.16. The van der Waals surface area contributed by atoms with Crippen molar-refractivity contribution in [1.29, 1.82) is 0 Å². The lowest BCUT2D eigenvalue weighted by molar-refractivity contribution is -0.129. The molecular weight excluding hydrogens is 679 g/mol. The van der Waals surface area contributed by atoms with Crippen LogP contribution in [0.1, 0.15) is 21.5 Å². The summed E-state index contributed by atoms with van der Waals surface area (Å²) in [5.74, 6) is -0.410. The maximum Gasteiger partial charge on any atom is 0.363 e. The molecule has 0 atom stereocenters. The van der Waals surface area contributed by atoms with Crippen molar-refractivity contribution in [3.05, 3.63) is 100 Å². The Labute approximate surface area is 220 Å².